The molecule has 2 aliphatic rings. The molecular weight excluding hydrogens is 120 g/mol. The smallest absolute Gasteiger partial charge is 0.194 e. The average molecular weight is 130 g/mol. The summed E-state index contributed by atoms with van der Waals surface area (Å²) in [6.45, 7) is 1.56. The van der Waals surface area contributed by atoms with Gasteiger partial charge in [0.05, 0.1) is 13.2 Å². The zero-order chi connectivity index (χ0) is 6.10. The molecule has 0 spiro atoms. The molecule has 0 amide bonds. The molecule has 2 rings (SSSR count). The molecule has 2 heterocycles. The fourth-order valence-electron chi connectivity index (χ4n) is 1.31. The number of hydrogen-bond acceptors (Lipinski definition) is 3. The van der Waals surface area contributed by atoms with Gasteiger partial charge in [-0.05, 0) is 12.8 Å². The summed E-state index contributed by atoms with van der Waals surface area (Å²) in [6, 6.07) is 0. The van der Waals surface area contributed by atoms with Crippen LogP contribution in [0.1, 0.15) is 12.8 Å². The Bertz CT molecular complexity index is 92.5. The van der Waals surface area contributed by atoms with Crippen molar-refractivity contribution in [2.45, 2.75) is 19.1 Å². The van der Waals surface area contributed by atoms with Gasteiger partial charge in [0.1, 0.15) is 0 Å². The van der Waals surface area contributed by atoms with Crippen LogP contribution in [0.5, 0.6) is 0 Å². The highest BCUT2D eigenvalue weighted by Crippen LogP contribution is 2.28. The number of ether oxygens (including phenoxy) is 1. The van der Waals surface area contributed by atoms with Crippen LogP contribution in [-0.2, 0) is 14.5 Å². The SMILES string of the molecule is C1CC2CCOC2OO1. The molecule has 2 unspecified atom stereocenters. The summed E-state index contributed by atoms with van der Waals surface area (Å²) >= 11 is 0. The first-order valence-electron chi connectivity index (χ1n) is 3.37. The molecule has 0 bridgehead atoms. The van der Waals surface area contributed by atoms with Gasteiger partial charge in [-0.1, -0.05) is 0 Å². The van der Waals surface area contributed by atoms with Gasteiger partial charge in [0.25, 0.3) is 0 Å². The van der Waals surface area contributed by atoms with Crippen molar-refractivity contribution in [2.24, 2.45) is 5.92 Å². The molecule has 0 aromatic rings. The van der Waals surface area contributed by atoms with Crippen LogP contribution in [-0.4, -0.2) is 19.5 Å². The van der Waals surface area contributed by atoms with Gasteiger partial charge >= 0.3 is 0 Å². The molecule has 0 N–H and O–H groups in total. The summed E-state index contributed by atoms with van der Waals surface area (Å²) in [6.07, 6.45) is 2.16. The zero-order valence-corrected chi connectivity index (χ0v) is 5.21. The minimum absolute atomic E-state index is 0.0567. The number of rotatable bonds is 0. The largest absolute Gasteiger partial charge is 0.349 e. The highest BCUT2D eigenvalue weighted by molar-refractivity contribution is 4.69. The lowest BCUT2D eigenvalue weighted by molar-refractivity contribution is -0.399. The average Bonchev–Trinajstić information content (AvgIpc) is 2.33. The first-order valence-corrected chi connectivity index (χ1v) is 3.37. The summed E-state index contributed by atoms with van der Waals surface area (Å²) in [7, 11) is 0. The summed E-state index contributed by atoms with van der Waals surface area (Å²) in [4.78, 5) is 9.64. The Balaban J connectivity index is 1.97. The van der Waals surface area contributed by atoms with E-state index in [1.807, 2.05) is 0 Å². The van der Waals surface area contributed by atoms with E-state index in [9.17, 15) is 0 Å². The lowest BCUT2D eigenvalue weighted by atomic mass is 10.0. The van der Waals surface area contributed by atoms with E-state index in [1.165, 1.54) is 0 Å². The van der Waals surface area contributed by atoms with Crippen LogP contribution in [0.4, 0.5) is 0 Å². The van der Waals surface area contributed by atoms with E-state index in [0.717, 1.165) is 26.1 Å². The van der Waals surface area contributed by atoms with Gasteiger partial charge in [-0.25, -0.2) is 9.78 Å². The van der Waals surface area contributed by atoms with Crippen molar-refractivity contribution < 1.29 is 14.5 Å². The quantitative estimate of drug-likeness (QED) is 0.452. The van der Waals surface area contributed by atoms with Crippen molar-refractivity contribution in [3.05, 3.63) is 0 Å². The third-order valence-corrected chi connectivity index (χ3v) is 1.89. The standard InChI is InChI=1S/C6H10O3/c1-3-7-6-5(1)2-4-8-9-6/h5-6H,1-4H2. The molecule has 2 atom stereocenters. The molecule has 0 aliphatic carbocycles. The lowest BCUT2D eigenvalue weighted by Gasteiger charge is -2.22. The second-order valence-corrected chi connectivity index (χ2v) is 2.49. The summed E-state index contributed by atoms with van der Waals surface area (Å²) < 4.78 is 5.21. The fraction of sp³-hybridized carbons (Fsp3) is 1.00. The Morgan fingerprint density at radius 1 is 1.11 bits per heavy atom. The first-order chi connectivity index (χ1) is 4.47. The van der Waals surface area contributed by atoms with Gasteiger partial charge in [0.2, 0.25) is 0 Å². The maximum atomic E-state index is 5.21. The molecule has 9 heavy (non-hydrogen) atoms. The highest BCUT2D eigenvalue weighted by atomic mass is 17.2. The van der Waals surface area contributed by atoms with E-state index >= 15 is 0 Å². The molecule has 2 fully saturated rings. The monoisotopic (exact) mass is 130 g/mol. The van der Waals surface area contributed by atoms with Gasteiger partial charge in [-0.2, -0.15) is 0 Å². The maximum absolute atomic E-state index is 5.21. The second-order valence-electron chi connectivity index (χ2n) is 2.49. The fourth-order valence-corrected chi connectivity index (χ4v) is 1.31. The van der Waals surface area contributed by atoms with Crippen molar-refractivity contribution in [3.8, 4) is 0 Å². The molecule has 0 saturated carbocycles. The summed E-state index contributed by atoms with van der Waals surface area (Å²) in [5, 5.41) is 0. The second kappa shape index (κ2) is 2.25. The Kier molecular flexibility index (Phi) is 1.41. The maximum Gasteiger partial charge on any atom is 0.194 e. The predicted molar refractivity (Wildman–Crippen MR) is 29.5 cm³/mol. The molecule has 0 radical (unpaired) electrons. The van der Waals surface area contributed by atoms with E-state index in [-0.39, 0.29) is 6.29 Å². The van der Waals surface area contributed by atoms with Crippen molar-refractivity contribution in [2.75, 3.05) is 13.2 Å². The van der Waals surface area contributed by atoms with Crippen LogP contribution in [0, 0.1) is 5.92 Å². The molecular formula is C6H10O3. The van der Waals surface area contributed by atoms with E-state index < -0.39 is 0 Å². The molecule has 3 heteroatoms. The summed E-state index contributed by atoms with van der Waals surface area (Å²) in [5.74, 6) is 0.596. The van der Waals surface area contributed by atoms with E-state index in [1.54, 1.807) is 0 Å². The molecule has 0 aromatic heterocycles. The topological polar surface area (TPSA) is 27.7 Å². The first kappa shape index (κ1) is 5.65. The van der Waals surface area contributed by atoms with Crippen molar-refractivity contribution >= 4 is 0 Å². The van der Waals surface area contributed by atoms with Crippen LogP contribution in [0.2, 0.25) is 0 Å². The number of fused-ring (bicyclic) bond motifs is 1. The van der Waals surface area contributed by atoms with Gasteiger partial charge in [0.15, 0.2) is 6.29 Å². The van der Waals surface area contributed by atoms with E-state index in [0.29, 0.717) is 5.92 Å². The van der Waals surface area contributed by atoms with Crippen molar-refractivity contribution in [1.82, 2.24) is 0 Å². The van der Waals surface area contributed by atoms with Crippen LogP contribution < -0.4 is 0 Å². The van der Waals surface area contributed by atoms with E-state index in [4.69, 9.17) is 14.5 Å². The Morgan fingerprint density at radius 3 is 2.89 bits per heavy atom. The molecule has 52 valence electrons. The van der Waals surface area contributed by atoms with Crippen molar-refractivity contribution in [1.29, 1.82) is 0 Å². The van der Waals surface area contributed by atoms with Crippen LogP contribution >= 0.6 is 0 Å². The highest BCUT2D eigenvalue weighted by Gasteiger charge is 2.32. The normalized spacial score (nSPS) is 42.7. The Labute approximate surface area is 53.8 Å². The van der Waals surface area contributed by atoms with Crippen molar-refractivity contribution in [3.63, 3.8) is 0 Å². The lowest BCUT2D eigenvalue weighted by Crippen LogP contribution is -2.26. The van der Waals surface area contributed by atoms with Gasteiger partial charge in [-0.3, -0.25) is 0 Å². The third kappa shape index (κ3) is 0.956. The predicted octanol–water partition coefficient (Wildman–Crippen LogP) is 0.701. The van der Waals surface area contributed by atoms with E-state index in [2.05, 4.69) is 0 Å². The third-order valence-electron chi connectivity index (χ3n) is 1.89. The zero-order valence-electron chi connectivity index (χ0n) is 5.21. The van der Waals surface area contributed by atoms with Crippen LogP contribution in [0.25, 0.3) is 0 Å². The minimum Gasteiger partial charge on any atom is -0.349 e. The molecule has 3 nitrogen and oxygen atoms in total. The number of hydrogen-bond donors (Lipinski definition) is 0. The Morgan fingerprint density at radius 2 is 2.00 bits per heavy atom. The van der Waals surface area contributed by atoms with Gasteiger partial charge in [-0.15, -0.1) is 0 Å². The minimum atomic E-state index is -0.0567. The van der Waals surface area contributed by atoms with Crippen LogP contribution in [0.3, 0.4) is 0 Å². The summed E-state index contributed by atoms with van der Waals surface area (Å²) in [5.41, 5.74) is 0. The Hall–Kier alpha value is -0.120. The van der Waals surface area contributed by atoms with Gasteiger partial charge < -0.3 is 4.74 Å². The van der Waals surface area contributed by atoms with Gasteiger partial charge in [0, 0.05) is 5.92 Å². The molecule has 2 aliphatic heterocycles. The van der Waals surface area contributed by atoms with Crippen LogP contribution in [0.15, 0.2) is 0 Å². The molecule has 0 aromatic carbocycles. The molecule has 2 saturated heterocycles.